The molecule has 7 heteroatoms. The number of amides is 1. The van der Waals surface area contributed by atoms with E-state index in [0.29, 0.717) is 12.0 Å². The Morgan fingerprint density at radius 3 is 2.74 bits per heavy atom. The number of hydrogen-bond acceptors (Lipinski definition) is 3. The van der Waals surface area contributed by atoms with Crippen LogP contribution in [-0.2, 0) is 18.4 Å². The first-order chi connectivity index (χ1) is 15.0. The first-order valence-corrected chi connectivity index (χ1v) is 11.0. The maximum absolute atomic E-state index is 12.9. The Hall–Kier alpha value is -3.35. The number of fused-ring (bicyclic) bond motifs is 2. The smallest absolute Gasteiger partial charge is 0.309 e. The van der Waals surface area contributed by atoms with Crippen molar-refractivity contribution in [1.82, 2.24) is 18.9 Å². The van der Waals surface area contributed by atoms with Gasteiger partial charge >= 0.3 is 5.69 Å². The Labute approximate surface area is 179 Å². The summed E-state index contributed by atoms with van der Waals surface area (Å²) in [6.07, 6.45) is 10.6. The highest BCUT2D eigenvalue weighted by atomic mass is 16.2. The highest BCUT2D eigenvalue weighted by Gasteiger charge is 2.30. The highest BCUT2D eigenvalue weighted by Crippen LogP contribution is 2.41. The number of nitrogens with zero attached hydrogens (tertiary/aromatic N) is 4. The number of rotatable bonds is 3. The van der Waals surface area contributed by atoms with Crippen molar-refractivity contribution in [3.8, 4) is 11.1 Å². The van der Waals surface area contributed by atoms with Crippen molar-refractivity contribution >= 4 is 28.3 Å². The number of hydrogen-bond donors (Lipinski definition) is 1. The number of nitrogens with one attached hydrogen (secondary N) is 1. The Morgan fingerprint density at radius 2 is 2.00 bits per heavy atom. The monoisotopic (exact) mass is 415 g/mol. The lowest BCUT2D eigenvalue weighted by Gasteiger charge is -2.26. The third kappa shape index (κ3) is 2.69. The average Bonchev–Trinajstić information content (AvgIpc) is 3.31. The fraction of sp³-hybridized carbons (Fsp3) is 0.375. The van der Waals surface area contributed by atoms with Crippen LogP contribution in [0.25, 0.3) is 27.7 Å². The number of aryl methyl sites for hydroxylation is 1. The third-order valence-corrected chi connectivity index (χ3v) is 6.90. The van der Waals surface area contributed by atoms with Crippen LogP contribution >= 0.6 is 0 Å². The predicted octanol–water partition coefficient (Wildman–Crippen LogP) is 3.86. The molecule has 6 rings (SSSR count). The molecule has 2 aromatic heterocycles. The van der Waals surface area contributed by atoms with E-state index in [2.05, 4.69) is 42.6 Å². The van der Waals surface area contributed by atoms with E-state index in [1.165, 1.54) is 12.0 Å². The first-order valence-electron chi connectivity index (χ1n) is 11.0. The zero-order chi connectivity index (χ0) is 21.3. The fourth-order valence-corrected chi connectivity index (χ4v) is 5.05. The van der Waals surface area contributed by atoms with Gasteiger partial charge in [0.05, 0.1) is 22.3 Å². The lowest BCUT2D eigenvalue weighted by molar-refractivity contribution is -0.116. The first kappa shape index (κ1) is 18.4. The Balaban J connectivity index is 1.55. The van der Waals surface area contributed by atoms with Crippen LogP contribution in [0, 0.1) is 5.92 Å². The molecule has 1 saturated carbocycles. The van der Waals surface area contributed by atoms with Gasteiger partial charge in [-0.15, -0.1) is 0 Å². The van der Waals surface area contributed by atoms with E-state index in [1.807, 2.05) is 17.7 Å². The van der Waals surface area contributed by atoms with Crippen LogP contribution in [0.15, 0.2) is 41.2 Å². The third-order valence-electron chi connectivity index (χ3n) is 6.90. The molecule has 1 aliphatic heterocycles. The molecule has 0 spiro atoms. The van der Waals surface area contributed by atoms with Gasteiger partial charge in [0, 0.05) is 13.1 Å². The second kappa shape index (κ2) is 6.57. The van der Waals surface area contributed by atoms with Gasteiger partial charge in [0.15, 0.2) is 0 Å². The summed E-state index contributed by atoms with van der Waals surface area (Å²) in [5.41, 5.74) is 5.91. The molecule has 1 atom stereocenters. The molecule has 3 heterocycles. The van der Waals surface area contributed by atoms with Gasteiger partial charge in [-0.25, -0.2) is 9.48 Å². The van der Waals surface area contributed by atoms with Gasteiger partial charge in [0.2, 0.25) is 5.91 Å². The summed E-state index contributed by atoms with van der Waals surface area (Å²) in [6.45, 7) is 2.43. The molecular weight excluding hydrogens is 390 g/mol. The minimum Gasteiger partial charge on any atom is -0.309 e. The Bertz CT molecular complexity index is 1360. The van der Waals surface area contributed by atoms with Crippen molar-refractivity contribution in [2.75, 3.05) is 5.32 Å². The van der Waals surface area contributed by atoms with E-state index in [4.69, 9.17) is 5.10 Å². The number of allylic oxidation sites excluding steroid dienone is 4. The Morgan fingerprint density at radius 1 is 1.16 bits per heavy atom. The number of imidazole rings is 1. The van der Waals surface area contributed by atoms with Crippen molar-refractivity contribution < 1.29 is 4.79 Å². The Kier molecular flexibility index (Phi) is 3.91. The molecule has 1 aromatic carbocycles. The standard InChI is InChI=1S/C24H25N5O2/c1-14-5-3-6-16(11-14)22-21(23-25-20(30)13-28(23)26-22)15-9-10-18-19(12-15)27(2)24(31)29(18)17-7-4-8-17/h3,5-6,9-10,12,14,17H,4,7-8,11,13H2,1-2H3,(H,25,30). The molecule has 3 aromatic rings. The molecule has 1 N–H and O–H groups in total. The van der Waals surface area contributed by atoms with Gasteiger partial charge in [-0.3, -0.25) is 13.9 Å². The summed E-state index contributed by atoms with van der Waals surface area (Å²) in [4.78, 5) is 25.0. The summed E-state index contributed by atoms with van der Waals surface area (Å²) in [5.74, 6) is 1.13. The van der Waals surface area contributed by atoms with E-state index in [-0.39, 0.29) is 18.1 Å². The molecule has 31 heavy (non-hydrogen) atoms. The van der Waals surface area contributed by atoms with Gasteiger partial charge in [-0.1, -0.05) is 31.2 Å². The quantitative estimate of drug-likeness (QED) is 0.706. The zero-order valence-corrected chi connectivity index (χ0v) is 17.8. The van der Waals surface area contributed by atoms with Crippen LogP contribution in [-0.4, -0.2) is 24.8 Å². The number of anilines is 1. The van der Waals surface area contributed by atoms with E-state index < -0.39 is 0 Å². The molecular formula is C24H25N5O2. The topological polar surface area (TPSA) is 73.8 Å². The molecule has 0 radical (unpaired) electrons. The maximum Gasteiger partial charge on any atom is 0.329 e. The van der Waals surface area contributed by atoms with E-state index in [9.17, 15) is 9.59 Å². The van der Waals surface area contributed by atoms with E-state index in [1.54, 1.807) is 9.25 Å². The second-order valence-corrected chi connectivity index (χ2v) is 9.04. The van der Waals surface area contributed by atoms with Crippen LogP contribution in [0.5, 0.6) is 0 Å². The van der Waals surface area contributed by atoms with Gasteiger partial charge in [0.1, 0.15) is 12.4 Å². The summed E-state index contributed by atoms with van der Waals surface area (Å²) < 4.78 is 5.45. The van der Waals surface area contributed by atoms with Gasteiger partial charge in [-0.2, -0.15) is 5.10 Å². The van der Waals surface area contributed by atoms with Crippen molar-refractivity contribution in [2.24, 2.45) is 13.0 Å². The number of carbonyl (C=O) groups is 1. The van der Waals surface area contributed by atoms with Crippen LogP contribution in [0.1, 0.15) is 44.3 Å². The molecule has 3 aliphatic rings. The van der Waals surface area contributed by atoms with Crippen LogP contribution in [0.3, 0.4) is 0 Å². The minimum absolute atomic E-state index is 0.0413. The molecule has 1 fully saturated rings. The molecule has 1 amide bonds. The summed E-state index contributed by atoms with van der Waals surface area (Å²) in [5, 5.41) is 7.80. The lowest BCUT2D eigenvalue weighted by atomic mass is 9.90. The molecule has 1 unspecified atom stereocenters. The molecule has 158 valence electrons. The van der Waals surface area contributed by atoms with Crippen LogP contribution < -0.4 is 11.0 Å². The molecule has 0 saturated heterocycles. The van der Waals surface area contributed by atoms with Crippen LogP contribution in [0.2, 0.25) is 0 Å². The lowest BCUT2D eigenvalue weighted by Crippen LogP contribution is -2.29. The molecule has 7 nitrogen and oxygen atoms in total. The predicted molar refractivity (Wildman–Crippen MR) is 121 cm³/mol. The molecule has 0 bridgehead atoms. The van der Waals surface area contributed by atoms with E-state index >= 15 is 0 Å². The second-order valence-electron chi connectivity index (χ2n) is 9.04. The minimum atomic E-state index is -0.0502. The highest BCUT2D eigenvalue weighted by molar-refractivity contribution is 6.01. The summed E-state index contributed by atoms with van der Waals surface area (Å²) in [7, 11) is 1.84. The normalized spacial score (nSPS) is 20.6. The van der Waals surface area contributed by atoms with Gasteiger partial charge < -0.3 is 5.32 Å². The zero-order valence-electron chi connectivity index (χ0n) is 17.8. The fourth-order valence-electron chi connectivity index (χ4n) is 5.05. The summed E-state index contributed by atoms with van der Waals surface area (Å²) >= 11 is 0. The van der Waals surface area contributed by atoms with Crippen molar-refractivity contribution in [3.05, 3.63) is 52.6 Å². The van der Waals surface area contributed by atoms with Crippen LogP contribution in [0.4, 0.5) is 5.82 Å². The summed E-state index contributed by atoms with van der Waals surface area (Å²) in [6, 6.07) is 6.48. The van der Waals surface area contributed by atoms with Crippen molar-refractivity contribution in [1.29, 1.82) is 0 Å². The van der Waals surface area contributed by atoms with Crippen molar-refractivity contribution in [2.45, 2.75) is 45.2 Å². The number of carbonyl (C=O) groups excluding carboxylic acids is 1. The SMILES string of the molecule is CC1C=CC=C(c2nn3c(c2-c2ccc4c(c2)n(C)c(=O)n4C2CCC2)NC(=O)C3)C1. The van der Waals surface area contributed by atoms with Gasteiger partial charge in [-0.05, 0) is 54.9 Å². The largest absolute Gasteiger partial charge is 0.329 e. The average molecular weight is 415 g/mol. The van der Waals surface area contributed by atoms with Crippen molar-refractivity contribution in [3.63, 3.8) is 0 Å². The van der Waals surface area contributed by atoms with E-state index in [0.717, 1.165) is 52.9 Å². The molecule has 2 aliphatic carbocycles. The number of aromatic nitrogens is 4. The van der Waals surface area contributed by atoms with Gasteiger partial charge in [0.25, 0.3) is 0 Å². The number of benzene rings is 1. The maximum atomic E-state index is 12.9.